The molecule has 1 N–H and O–H groups in total. The third-order valence-corrected chi connectivity index (χ3v) is 3.77. The molecule has 1 heterocycles. The first-order valence-corrected chi connectivity index (χ1v) is 6.84. The summed E-state index contributed by atoms with van der Waals surface area (Å²) in [7, 11) is 0. The van der Waals surface area contributed by atoms with Crippen molar-refractivity contribution in [3.8, 4) is 0 Å². The van der Waals surface area contributed by atoms with Crippen LogP contribution in [0.3, 0.4) is 0 Å². The van der Waals surface area contributed by atoms with Gasteiger partial charge in [0.1, 0.15) is 5.82 Å². The van der Waals surface area contributed by atoms with E-state index in [1.807, 2.05) is 19.9 Å². The molecule has 0 saturated carbocycles. The second-order valence-corrected chi connectivity index (χ2v) is 5.31. The fraction of sp³-hybridized carbons (Fsp3) is 0.533. The van der Waals surface area contributed by atoms with Gasteiger partial charge in [0.2, 0.25) is 5.91 Å². The van der Waals surface area contributed by atoms with E-state index in [9.17, 15) is 9.18 Å². The number of amides is 1. The summed E-state index contributed by atoms with van der Waals surface area (Å²) in [6.45, 7) is 5.89. The first-order valence-electron chi connectivity index (χ1n) is 6.84. The van der Waals surface area contributed by atoms with E-state index in [0.29, 0.717) is 13.1 Å². The Morgan fingerprint density at radius 2 is 2.32 bits per heavy atom. The Kier molecular flexibility index (Phi) is 4.20. The zero-order valence-electron chi connectivity index (χ0n) is 11.6. The van der Waals surface area contributed by atoms with Crippen LogP contribution >= 0.6 is 0 Å². The second kappa shape index (κ2) is 5.70. The van der Waals surface area contributed by atoms with Crippen molar-refractivity contribution in [2.45, 2.75) is 38.8 Å². The third-order valence-electron chi connectivity index (χ3n) is 3.77. The third kappa shape index (κ3) is 3.13. The first-order chi connectivity index (χ1) is 9.05. The summed E-state index contributed by atoms with van der Waals surface area (Å²) in [4.78, 5) is 14.3. The van der Waals surface area contributed by atoms with Crippen LogP contribution in [0.5, 0.6) is 0 Å². The van der Waals surface area contributed by atoms with E-state index >= 15 is 0 Å². The molecule has 4 heteroatoms. The van der Waals surface area contributed by atoms with Gasteiger partial charge >= 0.3 is 0 Å². The van der Waals surface area contributed by atoms with E-state index in [2.05, 4.69) is 5.32 Å². The maximum atomic E-state index is 13.2. The van der Waals surface area contributed by atoms with Gasteiger partial charge in [0.25, 0.3) is 0 Å². The summed E-state index contributed by atoms with van der Waals surface area (Å²) in [5.74, 6) is -0.150. The topological polar surface area (TPSA) is 32.3 Å². The number of hydrogen-bond acceptors (Lipinski definition) is 2. The normalized spacial score (nSPS) is 22.5. The predicted octanol–water partition coefficient (Wildman–Crippen LogP) is 2.32. The number of halogens is 1. The molecule has 19 heavy (non-hydrogen) atoms. The van der Waals surface area contributed by atoms with E-state index in [1.54, 1.807) is 11.0 Å². The lowest BCUT2D eigenvalue weighted by Crippen LogP contribution is -2.52. The molecule has 0 spiro atoms. The van der Waals surface area contributed by atoms with Crippen LogP contribution in [0.15, 0.2) is 24.3 Å². The van der Waals surface area contributed by atoms with Gasteiger partial charge < -0.3 is 10.2 Å². The highest BCUT2D eigenvalue weighted by molar-refractivity contribution is 5.86. The van der Waals surface area contributed by atoms with Crippen LogP contribution in [-0.4, -0.2) is 29.4 Å². The molecule has 1 aromatic rings. The van der Waals surface area contributed by atoms with Crippen molar-refractivity contribution < 1.29 is 9.18 Å². The highest BCUT2D eigenvalue weighted by Gasteiger charge is 2.38. The van der Waals surface area contributed by atoms with E-state index in [4.69, 9.17) is 0 Å². The molecule has 1 fully saturated rings. The smallest absolute Gasteiger partial charge is 0.242 e. The monoisotopic (exact) mass is 264 g/mol. The summed E-state index contributed by atoms with van der Waals surface area (Å²) in [6, 6.07) is 6.43. The fourth-order valence-electron chi connectivity index (χ4n) is 2.61. The average molecular weight is 264 g/mol. The van der Waals surface area contributed by atoms with Crippen LogP contribution in [-0.2, 0) is 11.3 Å². The van der Waals surface area contributed by atoms with Crippen molar-refractivity contribution in [3.63, 3.8) is 0 Å². The molecule has 3 nitrogen and oxygen atoms in total. The summed E-state index contributed by atoms with van der Waals surface area (Å²) in [6.07, 6.45) is 1.89. The van der Waals surface area contributed by atoms with E-state index in [1.165, 1.54) is 12.1 Å². The van der Waals surface area contributed by atoms with Crippen molar-refractivity contribution >= 4 is 5.91 Å². The summed E-state index contributed by atoms with van der Waals surface area (Å²) in [5, 5.41) is 3.28. The van der Waals surface area contributed by atoms with E-state index in [-0.39, 0.29) is 11.7 Å². The van der Waals surface area contributed by atoms with Crippen molar-refractivity contribution in [2.24, 2.45) is 0 Å². The van der Waals surface area contributed by atoms with Crippen molar-refractivity contribution in [2.75, 3.05) is 13.1 Å². The predicted molar refractivity (Wildman–Crippen MR) is 73.1 cm³/mol. The molecule has 1 unspecified atom stereocenters. The number of carbonyl (C=O) groups is 1. The van der Waals surface area contributed by atoms with Gasteiger partial charge in [-0.1, -0.05) is 12.1 Å². The fourth-order valence-corrected chi connectivity index (χ4v) is 2.61. The summed E-state index contributed by atoms with van der Waals surface area (Å²) >= 11 is 0. The lowest BCUT2D eigenvalue weighted by Gasteiger charge is -2.31. The quantitative estimate of drug-likeness (QED) is 0.905. The highest BCUT2D eigenvalue weighted by Crippen LogP contribution is 2.22. The second-order valence-electron chi connectivity index (χ2n) is 5.31. The minimum Gasteiger partial charge on any atom is -0.337 e. The largest absolute Gasteiger partial charge is 0.337 e. The maximum Gasteiger partial charge on any atom is 0.242 e. The molecule has 1 aliphatic rings. The lowest BCUT2D eigenvalue weighted by molar-refractivity contribution is -0.137. The van der Waals surface area contributed by atoms with Crippen LogP contribution < -0.4 is 5.32 Å². The molecule has 0 bridgehead atoms. The van der Waals surface area contributed by atoms with Gasteiger partial charge in [-0.3, -0.25) is 4.79 Å². The Hall–Kier alpha value is -1.42. The van der Waals surface area contributed by atoms with Crippen molar-refractivity contribution in [1.29, 1.82) is 0 Å². The van der Waals surface area contributed by atoms with Gasteiger partial charge in [-0.25, -0.2) is 4.39 Å². The number of hydrogen-bond donors (Lipinski definition) is 1. The zero-order valence-corrected chi connectivity index (χ0v) is 11.6. The number of carbonyl (C=O) groups excluding carboxylic acids is 1. The molecular weight excluding hydrogens is 243 g/mol. The van der Waals surface area contributed by atoms with Gasteiger partial charge in [-0.2, -0.15) is 0 Å². The molecule has 1 amide bonds. The van der Waals surface area contributed by atoms with Crippen LogP contribution in [0, 0.1) is 5.82 Å². The lowest BCUT2D eigenvalue weighted by atomic mass is 9.98. The Labute approximate surface area is 113 Å². The molecule has 0 aliphatic carbocycles. The molecule has 0 aromatic heterocycles. The van der Waals surface area contributed by atoms with Crippen molar-refractivity contribution in [1.82, 2.24) is 10.2 Å². The first kappa shape index (κ1) is 14.0. The number of likely N-dealkylation sites (N-methyl/N-ethyl adjacent to an activating group) is 1. The molecular formula is C15H21FN2O. The van der Waals surface area contributed by atoms with Gasteiger partial charge in [-0.05, 0) is 50.9 Å². The zero-order chi connectivity index (χ0) is 13.9. The number of benzene rings is 1. The van der Waals surface area contributed by atoms with Crippen molar-refractivity contribution in [3.05, 3.63) is 35.6 Å². The summed E-state index contributed by atoms with van der Waals surface area (Å²) in [5.41, 5.74) is 0.375. The average Bonchev–Trinajstić information content (AvgIpc) is 2.83. The highest BCUT2D eigenvalue weighted by atomic mass is 19.1. The summed E-state index contributed by atoms with van der Waals surface area (Å²) < 4.78 is 13.2. The number of rotatable bonds is 4. The number of nitrogens with zero attached hydrogens (tertiary/aromatic N) is 1. The van der Waals surface area contributed by atoms with Crippen LogP contribution in [0.2, 0.25) is 0 Å². The number of nitrogens with one attached hydrogen (secondary N) is 1. The molecule has 1 aromatic carbocycles. The Morgan fingerprint density at radius 1 is 1.53 bits per heavy atom. The van der Waals surface area contributed by atoms with Gasteiger partial charge in [0.05, 0.1) is 5.54 Å². The van der Waals surface area contributed by atoms with E-state index in [0.717, 1.165) is 24.9 Å². The maximum absolute atomic E-state index is 13.2. The Balaban J connectivity index is 2.10. The SMILES string of the molecule is CCN(Cc1cccc(F)c1)C(=O)C1(C)CCCN1. The van der Waals surface area contributed by atoms with Gasteiger partial charge in [0, 0.05) is 13.1 Å². The minimum atomic E-state index is -0.455. The molecule has 2 rings (SSSR count). The Bertz CT molecular complexity index is 455. The molecule has 1 saturated heterocycles. The molecule has 0 radical (unpaired) electrons. The molecule has 1 aliphatic heterocycles. The Morgan fingerprint density at radius 3 is 2.89 bits per heavy atom. The van der Waals surface area contributed by atoms with Gasteiger partial charge in [-0.15, -0.1) is 0 Å². The molecule has 104 valence electrons. The minimum absolute atomic E-state index is 0.108. The standard InChI is InChI=1S/C15H21FN2O/c1-3-18(11-12-6-4-7-13(16)10-12)14(19)15(2)8-5-9-17-15/h4,6-7,10,17H,3,5,8-9,11H2,1-2H3. The van der Waals surface area contributed by atoms with Crippen LogP contribution in [0.1, 0.15) is 32.3 Å². The van der Waals surface area contributed by atoms with Gasteiger partial charge in [0.15, 0.2) is 0 Å². The van der Waals surface area contributed by atoms with E-state index < -0.39 is 5.54 Å². The van der Waals surface area contributed by atoms with Crippen LogP contribution in [0.25, 0.3) is 0 Å². The molecule has 1 atom stereocenters. The van der Waals surface area contributed by atoms with Crippen LogP contribution in [0.4, 0.5) is 4.39 Å².